The number of methoxy groups -OCH3 is 2. The number of unbranched alkanes of at least 4 members (excludes halogenated alkanes) is 1. The van der Waals surface area contributed by atoms with E-state index in [1.807, 2.05) is 27.7 Å². The van der Waals surface area contributed by atoms with Gasteiger partial charge in [0.15, 0.2) is 11.4 Å². The molecule has 1 aliphatic heterocycles. The molecule has 1 aromatic carbocycles. The van der Waals surface area contributed by atoms with Gasteiger partial charge in [0.25, 0.3) is 6.43 Å². The van der Waals surface area contributed by atoms with Crippen LogP contribution >= 0.6 is 26.0 Å². The molecule has 262 valence electrons. The Morgan fingerprint density at radius 3 is 2.43 bits per heavy atom. The third kappa shape index (κ3) is 8.67. The molecular weight excluding hydrogens is 725 g/mol. The lowest BCUT2D eigenvalue weighted by molar-refractivity contribution is 0.0487. The predicted molar refractivity (Wildman–Crippen MR) is 188 cm³/mol. The minimum Gasteiger partial charge on any atom is -0.598 e. The van der Waals surface area contributed by atoms with Gasteiger partial charge in [-0.1, -0.05) is 40.2 Å². The Morgan fingerprint density at radius 1 is 1.15 bits per heavy atom. The van der Waals surface area contributed by atoms with E-state index in [1.165, 1.54) is 14.2 Å². The maximum absolute atomic E-state index is 16.9. The Labute approximate surface area is 286 Å². The van der Waals surface area contributed by atoms with Gasteiger partial charge in [-0.05, 0) is 64.6 Å². The van der Waals surface area contributed by atoms with Gasteiger partial charge < -0.3 is 14.0 Å². The molecule has 46 heavy (non-hydrogen) atoms. The second-order valence-corrected chi connectivity index (χ2v) is 19.8. The minimum atomic E-state index is -3.64. The number of hydrogen-bond acceptors (Lipinski definition) is 7. The van der Waals surface area contributed by atoms with Crippen molar-refractivity contribution in [2.24, 2.45) is 4.36 Å². The van der Waals surface area contributed by atoms with E-state index in [4.69, 9.17) is 9.47 Å². The van der Waals surface area contributed by atoms with E-state index in [9.17, 15) is 4.55 Å². The summed E-state index contributed by atoms with van der Waals surface area (Å²) >= 11 is 1.36. The molecule has 0 bridgehead atoms. The second kappa shape index (κ2) is 17.4. The van der Waals surface area contributed by atoms with Gasteiger partial charge in [-0.15, -0.1) is 4.72 Å². The number of pyridine rings is 1. The van der Waals surface area contributed by atoms with Gasteiger partial charge in [-0.2, -0.15) is 0 Å². The molecule has 0 amide bonds. The van der Waals surface area contributed by atoms with Crippen LogP contribution < -0.4 is 14.2 Å². The molecule has 3 rings (SSSR count). The molecule has 0 fully saturated rings. The quantitative estimate of drug-likeness (QED) is 0.133. The minimum absolute atomic E-state index is 0.0621. The molecule has 0 saturated carbocycles. The van der Waals surface area contributed by atoms with Crippen molar-refractivity contribution in [1.82, 2.24) is 14.0 Å². The lowest BCUT2D eigenvalue weighted by Gasteiger charge is -2.40. The third-order valence-electron chi connectivity index (χ3n) is 8.56. The first kappa shape index (κ1) is 39.2. The number of rotatable bonds is 17. The smallest absolute Gasteiger partial charge is 0.267 e. The number of halogens is 4. The Hall–Kier alpha value is -1.23. The monoisotopic (exact) mass is 772 g/mol. The van der Waals surface area contributed by atoms with Crippen LogP contribution in [-0.4, -0.2) is 80.5 Å². The van der Waals surface area contributed by atoms with Crippen LogP contribution in [0.1, 0.15) is 64.6 Å². The first-order valence-corrected chi connectivity index (χ1v) is 21.5. The first-order valence-electron chi connectivity index (χ1n) is 15.6. The number of benzene rings is 1. The molecule has 1 aromatic heterocycles. The van der Waals surface area contributed by atoms with Crippen LogP contribution in [0.5, 0.6) is 11.5 Å². The Balaban J connectivity index is 2.28. The lowest BCUT2D eigenvalue weighted by atomic mass is 9.98. The van der Waals surface area contributed by atoms with Crippen molar-refractivity contribution < 1.29 is 31.4 Å². The van der Waals surface area contributed by atoms with Gasteiger partial charge >= 0.3 is 0 Å². The summed E-state index contributed by atoms with van der Waals surface area (Å²) in [4.78, 5) is 4.64. The molecule has 2 aromatic rings. The molecule has 0 saturated heterocycles. The molecule has 2 unspecified atom stereocenters. The van der Waals surface area contributed by atoms with Crippen LogP contribution in [0.4, 0.5) is 13.2 Å². The third-order valence-corrected chi connectivity index (χ3v) is 17.3. The number of nitrogens with zero attached hydrogens (tertiary/aromatic N) is 3. The highest BCUT2D eigenvalue weighted by Crippen LogP contribution is 2.57. The second-order valence-electron chi connectivity index (χ2n) is 11.1. The zero-order valence-electron chi connectivity index (χ0n) is 27.6. The Kier molecular flexibility index (Phi) is 14.9. The number of ether oxygens (including phenoxy) is 2. The molecule has 8 nitrogen and oxygen atoms in total. The van der Waals surface area contributed by atoms with Crippen molar-refractivity contribution in [3.05, 3.63) is 45.9 Å². The van der Waals surface area contributed by atoms with Crippen LogP contribution in [0.15, 0.2) is 38.1 Å². The molecular formula is C31H48BrF3N4O4S3. The van der Waals surface area contributed by atoms with Gasteiger partial charge in [0, 0.05) is 47.5 Å². The molecule has 0 radical (unpaired) electrons. The molecule has 1 aliphatic rings. The summed E-state index contributed by atoms with van der Waals surface area (Å²) in [6.07, 6.45) is -0.920. The molecule has 1 N–H and O–H groups in total. The molecule has 15 heteroatoms. The van der Waals surface area contributed by atoms with Crippen molar-refractivity contribution in [2.75, 3.05) is 56.1 Å². The van der Waals surface area contributed by atoms with Gasteiger partial charge in [-0.3, -0.25) is 0 Å². The highest BCUT2D eigenvalue weighted by atomic mass is 79.9. The SMILES string of the molecule is CCCC[S+]([O-])N[C@@](CS1(=O)=NCCCCN1Cc1ccc(OC)cc1OC)(c1nc(Br)cc(S(CC)(CC)CC)c1F)C(F)F. The van der Waals surface area contributed by atoms with Crippen molar-refractivity contribution in [1.29, 1.82) is 0 Å². The highest BCUT2D eigenvalue weighted by Gasteiger charge is 2.53. The summed E-state index contributed by atoms with van der Waals surface area (Å²) in [5.74, 6) is 1.35. The van der Waals surface area contributed by atoms with E-state index < -0.39 is 60.5 Å². The van der Waals surface area contributed by atoms with Crippen molar-refractivity contribution in [2.45, 2.75) is 76.8 Å². The van der Waals surface area contributed by atoms with Crippen LogP contribution in [0.3, 0.4) is 0 Å². The van der Waals surface area contributed by atoms with E-state index >= 15 is 17.4 Å². The standard InChI is InChI=1S/C31H48BrF3N4O4S3/c1-7-11-18-44(40)38-31(30(34)35,29-28(33)26(20-27(32)37-29)45(8-2,9-3)10-4)22-46(41)36-16-12-13-17-39(46)21-23-14-15-24(42-5)19-25(23)43-6/h14-15,19-20,30,38H,7-13,16-18,21-22H2,1-6H3/t31-,44?,46?/m0/s1. The number of aromatic nitrogens is 1. The first-order chi connectivity index (χ1) is 21.9. The summed E-state index contributed by atoms with van der Waals surface area (Å²) in [5.41, 5.74) is -2.60. The zero-order chi connectivity index (χ0) is 34.1. The van der Waals surface area contributed by atoms with E-state index in [0.717, 1.165) is 0 Å². The maximum Gasteiger partial charge on any atom is 0.267 e. The lowest BCUT2D eigenvalue weighted by Crippen LogP contribution is -2.58. The molecule has 0 spiro atoms. The fraction of sp³-hybridized carbons (Fsp3) is 0.645. The van der Waals surface area contributed by atoms with E-state index in [-0.39, 0.29) is 23.4 Å². The summed E-state index contributed by atoms with van der Waals surface area (Å²) in [5, 5.41) is 0. The summed E-state index contributed by atoms with van der Waals surface area (Å²) < 4.78 is 96.9. The van der Waals surface area contributed by atoms with Gasteiger partial charge in [0.1, 0.15) is 37.5 Å². The number of alkyl halides is 2. The van der Waals surface area contributed by atoms with Crippen molar-refractivity contribution in [3.8, 4) is 11.5 Å². The average molecular weight is 774 g/mol. The van der Waals surface area contributed by atoms with Crippen molar-refractivity contribution >= 4 is 47.2 Å². The van der Waals surface area contributed by atoms with Crippen LogP contribution in [-0.2, 0) is 33.4 Å². The highest BCUT2D eigenvalue weighted by molar-refractivity contribution is 9.10. The van der Waals surface area contributed by atoms with Gasteiger partial charge in [0.2, 0.25) is 0 Å². The topological polar surface area (TPSA) is 99.1 Å². The number of hydrogen-bond donors (Lipinski definition) is 1. The summed E-state index contributed by atoms with van der Waals surface area (Å²) in [7, 11) is -2.34. The molecule has 2 heterocycles. The van der Waals surface area contributed by atoms with Crippen molar-refractivity contribution in [3.63, 3.8) is 0 Å². The van der Waals surface area contributed by atoms with E-state index in [2.05, 4.69) is 30.0 Å². The Morgan fingerprint density at radius 2 is 1.85 bits per heavy atom. The maximum atomic E-state index is 16.9. The number of nitrogens with one attached hydrogen (secondary N) is 1. The molecule has 0 aliphatic carbocycles. The van der Waals surface area contributed by atoms with Gasteiger partial charge in [0.05, 0.1) is 20.0 Å². The van der Waals surface area contributed by atoms with Crippen LogP contribution in [0.25, 0.3) is 0 Å². The fourth-order valence-corrected chi connectivity index (χ4v) is 13.2. The van der Waals surface area contributed by atoms with Gasteiger partial charge in [-0.25, -0.2) is 41.1 Å². The van der Waals surface area contributed by atoms with E-state index in [0.29, 0.717) is 71.4 Å². The zero-order valence-corrected chi connectivity index (χ0v) is 31.6. The Bertz CT molecular complexity index is 1420. The fourth-order valence-electron chi connectivity index (χ4n) is 5.67. The van der Waals surface area contributed by atoms with Crippen LogP contribution in [0, 0.1) is 5.82 Å². The summed E-state index contributed by atoms with van der Waals surface area (Å²) in [6.45, 7) is 8.37. The molecule has 3 atom stereocenters. The largest absolute Gasteiger partial charge is 0.598 e. The average Bonchev–Trinajstić information content (AvgIpc) is 3.22. The van der Waals surface area contributed by atoms with E-state index in [1.54, 1.807) is 28.6 Å². The summed E-state index contributed by atoms with van der Waals surface area (Å²) in [6, 6.07) is 6.78. The predicted octanol–water partition coefficient (Wildman–Crippen LogP) is 7.42. The normalized spacial score (nSPS) is 20.1. The van der Waals surface area contributed by atoms with Crippen LogP contribution in [0.2, 0.25) is 0 Å².